The number of benzene rings is 1. The van der Waals surface area contributed by atoms with E-state index in [1.54, 1.807) is 6.92 Å². The van der Waals surface area contributed by atoms with Crippen molar-refractivity contribution in [3.8, 4) is 0 Å². The Labute approximate surface area is 112 Å². The number of aliphatic carboxylic acids is 1. The quantitative estimate of drug-likeness (QED) is 0.370. The number of esters is 1. The van der Waals surface area contributed by atoms with Crippen LogP contribution in [0.2, 0.25) is 0 Å². The van der Waals surface area contributed by atoms with Crippen LogP contribution in [-0.2, 0) is 14.3 Å². The monoisotopic (exact) mass is 262 g/mol. The zero-order chi connectivity index (χ0) is 14.4. The zero-order valence-electron chi connectivity index (χ0n) is 11.1. The van der Waals surface area contributed by atoms with E-state index in [-0.39, 0.29) is 12.0 Å². The van der Waals surface area contributed by atoms with Crippen LogP contribution in [0.1, 0.15) is 31.7 Å². The van der Waals surface area contributed by atoms with Gasteiger partial charge in [-0.3, -0.25) is 0 Å². The second kappa shape index (κ2) is 6.73. The Hall–Kier alpha value is -2.10. The minimum Gasteiger partial charge on any atom is -0.477 e. The molecule has 0 aliphatic carbocycles. The van der Waals surface area contributed by atoms with Crippen molar-refractivity contribution in [3.05, 3.63) is 48.0 Å². The molecule has 0 heterocycles. The number of ether oxygens (including phenoxy) is 1. The molecular weight excluding hydrogens is 244 g/mol. The zero-order valence-corrected chi connectivity index (χ0v) is 11.1. The van der Waals surface area contributed by atoms with Gasteiger partial charge in [-0.05, 0) is 24.8 Å². The van der Waals surface area contributed by atoms with Gasteiger partial charge in [0.15, 0.2) is 0 Å². The molecule has 4 nitrogen and oxygen atoms in total. The second-order valence-corrected chi connectivity index (χ2v) is 4.55. The van der Waals surface area contributed by atoms with E-state index in [0.29, 0.717) is 6.42 Å². The third kappa shape index (κ3) is 4.58. The maximum absolute atomic E-state index is 11.4. The van der Waals surface area contributed by atoms with Crippen LogP contribution in [0.15, 0.2) is 42.5 Å². The molecule has 0 bridgehead atoms. The molecule has 0 aliphatic heterocycles. The lowest BCUT2D eigenvalue weighted by Gasteiger charge is -2.18. The lowest BCUT2D eigenvalue weighted by Crippen LogP contribution is -2.21. The molecule has 0 aliphatic rings. The lowest BCUT2D eigenvalue weighted by atomic mass is 9.95. The predicted octanol–water partition coefficient (Wildman–Crippen LogP) is 2.75. The van der Waals surface area contributed by atoms with Crippen molar-refractivity contribution in [1.82, 2.24) is 0 Å². The molecule has 0 saturated carbocycles. The number of rotatable bonds is 6. The van der Waals surface area contributed by atoms with Crippen LogP contribution in [0.4, 0.5) is 0 Å². The van der Waals surface area contributed by atoms with Crippen LogP contribution < -0.4 is 0 Å². The van der Waals surface area contributed by atoms with Crippen LogP contribution in [-0.4, -0.2) is 23.1 Å². The maximum Gasteiger partial charge on any atom is 0.345 e. The highest BCUT2D eigenvalue weighted by molar-refractivity contribution is 6.12. The molecule has 102 valence electrons. The first-order chi connectivity index (χ1) is 8.91. The van der Waals surface area contributed by atoms with Crippen LogP contribution in [0.5, 0.6) is 0 Å². The highest BCUT2D eigenvalue weighted by atomic mass is 16.5. The Morgan fingerprint density at radius 3 is 2.37 bits per heavy atom. The molecule has 19 heavy (non-hydrogen) atoms. The van der Waals surface area contributed by atoms with Crippen molar-refractivity contribution in [1.29, 1.82) is 0 Å². The van der Waals surface area contributed by atoms with E-state index in [1.807, 2.05) is 37.3 Å². The van der Waals surface area contributed by atoms with Gasteiger partial charge in [0, 0.05) is 0 Å². The third-order valence-corrected chi connectivity index (χ3v) is 2.87. The predicted molar refractivity (Wildman–Crippen MR) is 71.8 cm³/mol. The minimum atomic E-state index is -1.35. The van der Waals surface area contributed by atoms with Crippen LogP contribution in [0, 0.1) is 0 Å². The Balaban J connectivity index is 2.52. The third-order valence-electron chi connectivity index (χ3n) is 2.87. The molecule has 2 unspecified atom stereocenters. The van der Waals surface area contributed by atoms with Gasteiger partial charge in [0.2, 0.25) is 0 Å². The molecule has 4 heteroatoms. The average molecular weight is 262 g/mol. The van der Waals surface area contributed by atoms with Gasteiger partial charge < -0.3 is 9.84 Å². The van der Waals surface area contributed by atoms with Crippen molar-refractivity contribution < 1.29 is 19.4 Å². The molecule has 1 rings (SSSR count). The molecule has 1 aromatic rings. The van der Waals surface area contributed by atoms with E-state index in [0.717, 1.165) is 5.56 Å². The number of hydrogen-bond donors (Lipinski definition) is 1. The summed E-state index contributed by atoms with van der Waals surface area (Å²) in [4.78, 5) is 22.0. The Morgan fingerprint density at radius 1 is 1.26 bits per heavy atom. The summed E-state index contributed by atoms with van der Waals surface area (Å²) in [5.74, 6) is -2.00. The summed E-state index contributed by atoms with van der Waals surface area (Å²) in [6.07, 6.45) is 0.265. The van der Waals surface area contributed by atoms with E-state index >= 15 is 0 Å². The van der Waals surface area contributed by atoms with Gasteiger partial charge in [-0.2, -0.15) is 0 Å². The van der Waals surface area contributed by atoms with E-state index in [2.05, 4.69) is 6.58 Å². The summed E-state index contributed by atoms with van der Waals surface area (Å²) < 4.78 is 5.05. The number of carbonyl (C=O) groups excluding carboxylic acids is 1. The summed E-state index contributed by atoms with van der Waals surface area (Å²) in [5.41, 5.74) is 0.613. The fourth-order valence-electron chi connectivity index (χ4n) is 1.80. The summed E-state index contributed by atoms with van der Waals surface area (Å²) in [5, 5.41) is 8.62. The first kappa shape index (κ1) is 15.0. The number of hydrogen-bond acceptors (Lipinski definition) is 3. The van der Waals surface area contributed by atoms with E-state index in [4.69, 9.17) is 9.84 Å². The van der Waals surface area contributed by atoms with Crippen molar-refractivity contribution >= 4 is 11.9 Å². The van der Waals surface area contributed by atoms with Gasteiger partial charge >= 0.3 is 11.9 Å². The average Bonchev–Trinajstić information content (AvgIpc) is 2.38. The summed E-state index contributed by atoms with van der Waals surface area (Å²) in [6.45, 7) is 6.95. The van der Waals surface area contributed by atoms with E-state index in [1.165, 1.54) is 0 Å². The summed E-state index contributed by atoms with van der Waals surface area (Å²) in [6, 6.07) is 9.87. The molecular formula is C15H18O4. The van der Waals surface area contributed by atoms with E-state index < -0.39 is 17.5 Å². The first-order valence-electron chi connectivity index (χ1n) is 6.10. The number of carboxylic acids is 1. The number of carbonyl (C=O) groups is 2. The molecule has 1 N–H and O–H groups in total. The minimum absolute atomic E-state index is 0.224. The van der Waals surface area contributed by atoms with Gasteiger partial charge in [-0.15, -0.1) is 0 Å². The van der Waals surface area contributed by atoms with Gasteiger partial charge in [0.1, 0.15) is 5.57 Å². The first-order valence-corrected chi connectivity index (χ1v) is 6.10. The molecule has 0 saturated heterocycles. The van der Waals surface area contributed by atoms with Crippen LogP contribution >= 0.6 is 0 Å². The topological polar surface area (TPSA) is 63.6 Å². The van der Waals surface area contributed by atoms with Gasteiger partial charge in [-0.25, -0.2) is 9.59 Å². The molecule has 0 amide bonds. The molecule has 0 spiro atoms. The molecule has 0 radical (unpaired) electrons. The highest BCUT2D eigenvalue weighted by Crippen LogP contribution is 2.21. The Kier molecular flexibility index (Phi) is 5.30. The van der Waals surface area contributed by atoms with Crippen molar-refractivity contribution in [2.75, 3.05) is 0 Å². The largest absolute Gasteiger partial charge is 0.477 e. The fraction of sp³-hybridized carbons (Fsp3) is 0.333. The Morgan fingerprint density at radius 2 is 1.84 bits per heavy atom. The molecule has 1 aromatic carbocycles. The van der Waals surface area contributed by atoms with Crippen LogP contribution in [0.3, 0.4) is 0 Å². The maximum atomic E-state index is 11.4. The second-order valence-electron chi connectivity index (χ2n) is 4.55. The SMILES string of the molecule is C=C(C(=O)O)C(=O)OC(C)CC(C)c1ccccc1. The molecule has 0 aromatic heterocycles. The molecule has 2 atom stereocenters. The standard InChI is InChI=1S/C15H18O4/c1-10(13-7-5-4-6-8-13)9-11(2)19-15(18)12(3)14(16)17/h4-8,10-11H,3,9H2,1-2H3,(H,16,17). The fourth-order valence-corrected chi connectivity index (χ4v) is 1.80. The molecule has 0 fully saturated rings. The van der Waals surface area contributed by atoms with Crippen LogP contribution in [0.25, 0.3) is 0 Å². The lowest BCUT2D eigenvalue weighted by molar-refractivity contribution is -0.147. The number of carboxylic acid groups (broad SMARTS) is 1. The van der Waals surface area contributed by atoms with E-state index in [9.17, 15) is 9.59 Å². The highest BCUT2D eigenvalue weighted by Gasteiger charge is 2.20. The smallest absolute Gasteiger partial charge is 0.345 e. The van der Waals surface area contributed by atoms with Crippen molar-refractivity contribution in [2.45, 2.75) is 32.3 Å². The van der Waals surface area contributed by atoms with Crippen molar-refractivity contribution in [2.24, 2.45) is 0 Å². The van der Waals surface area contributed by atoms with Gasteiger partial charge in [0.25, 0.3) is 0 Å². The Bertz CT molecular complexity index is 464. The van der Waals surface area contributed by atoms with Gasteiger partial charge in [0.05, 0.1) is 6.10 Å². The summed E-state index contributed by atoms with van der Waals surface area (Å²) >= 11 is 0. The normalized spacial score (nSPS) is 13.4. The summed E-state index contributed by atoms with van der Waals surface area (Å²) in [7, 11) is 0. The van der Waals surface area contributed by atoms with Gasteiger partial charge in [-0.1, -0.05) is 43.8 Å². The van der Waals surface area contributed by atoms with Crippen molar-refractivity contribution in [3.63, 3.8) is 0 Å².